The standard InChI is InChI=1S/C25H38N4O4/c1-5-11-26-25(32)28(4)15-22-17(2)14-29(18(3)16-30)24(31)21-12-20(13-27-23(21)33-22)19-9-7-6-8-10-19/h9,12-13,17-18,22,30H,5-8,10-11,14-16H2,1-4H3,(H,26,32)/t17-,18-,22-/m1/s1. The number of hydrogen-bond acceptors (Lipinski definition) is 5. The van der Waals surface area contributed by atoms with Gasteiger partial charge in [0.15, 0.2) is 0 Å². The number of carbonyl (C=O) groups excluding carboxylic acids is 2. The molecule has 0 saturated carbocycles. The predicted molar refractivity (Wildman–Crippen MR) is 128 cm³/mol. The van der Waals surface area contributed by atoms with Crippen molar-refractivity contribution >= 4 is 17.5 Å². The summed E-state index contributed by atoms with van der Waals surface area (Å²) in [4.78, 5) is 33.8. The quantitative estimate of drug-likeness (QED) is 0.654. The third-order valence-corrected chi connectivity index (χ3v) is 6.51. The van der Waals surface area contributed by atoms with Crippen LogP contribution in [0, 0.1) is 5.92 Å². The van der Waals surface area contributed by atoms with E-state index in [1.54, 1.807) is 23.0 Å². The van der Waals surface area contributed by atoms with Crippen molar-refractivity contribution in [1.29, 1.82) is 0 Å². The van der Waals surface area contributed by atoms with Crippen molar-refractivity contribution < 1.29 is 19.4 Å². The van der Waals surface area contributed by atoms with Crippen molar-refractivity contribution in [3.63, 3.8) is 0 Å². The Labute approximate surface area is 197 Å². The van der Waals surface area contributed by atoms with E-state index in [1.807, 2.05) is 26.8 Å². The van der Waals surface area contributed by atoms with E-state index < -0.39 is 0 Å². The predicted octanol–water partition coefficient (Wildman–Crippen LogP) is 3.31. The van der Waals surface area contributed by atoms with E-state index in [-0.39, 0.29) is 42.5 Å². The number of nitrogens with one attached hydrogen (secondary N) is 1. The van der Waals surface area contributed by atoms with Gasteiger partial charge in [-0.2, -0.15) is 0 Å². The van der Waals surface area contributed by atoms with Crippen LogP contribution in [0.3, 0.4) is 0 Å². The van der Waals surface area contributed by atoms with Crippen molar-refractivity contribution in [2.75, 3.05) is 33.3 Å². The first-order valence-corrected chi connectivity index (χ1v) is 12.1. The molecule has 8 heteroatoms. The fourth-order valence-electron chi connectivity index (χ4n) is 4.32. The molecule has 0 bridgehead atoms. The Morgan fingerprint density at radius 3 is 2.88 bits per heavy atom. The maximum Gasteiger partial charge on any atom is 0.317 e. The average Bonchev–Trinajstić information content (AvgIpc) is 2.84. The van der Waals surface area contributed by atoms with Crippen molar-refractivity contribution in [2.45, 2.75) is 65.0 Å². The average molecular weight is 459 g/mol. The molecule has 8 nitrogen and oxygen atoms in total. The van der Waals surface area contributed by atoms with Gasteiger partial charge >= 0.3 is 6.03 Å². The number of aliphatic hydroxyl groups excluding tert-OH is 1. The van der Waals surface area contributed by atoms with Gasteiger partial charge in [0.25, 0.3) is 5.91 Å². The molecule has 3 rings (SSSR count). The molecule has 2 aliphatic rings. The largest absolute Gasteiger partial charge is 0.472 e. The molecule has 0 spiro atoms. The summed E-state index contributed by atoms with van der Waals surface area (Å²) in [6.45, 7) is 7.11. The number of nitrogens with zero attached hydrogens (tertiary/aromatic N) is 3. The molecule has 0 radical (unpaired) electrons. The van der Waals surface area contributed by atoms with Gasteiger partial charge < -0.3 is 25.0 Å². The van der Waals surface area contributed by atoms with Crippen LogP contribution in [-0.2, 0) is 0 Å². The van der Waals surface area contributed by atoms with Gasteiger partial charge in [-0.15, -0.1) is 0 Å². The van der Waals surface area contributed by atoms with E-state index in [0.29, 0.717) is 25.2 Å². The number of ether oxygens (including phenoxy) is 1. The number of aromatic nitrogens is 1. The molecule has 33 heavy (non-hydrogen) atoms. The zero-order chi connectivity index (χ0) is 24.0. The second-order valence-corrected chi connectivity index (χ2v) is 9.29. The lowest BCUT2D eigenvalue weighted by atomic mass is 9.93. The lowest BCUT2D eigenvalue weighted by molar-refractivity contribution is 0.0352. The summed E-state index contributed by atoms with van der Waals surface area (Å²) >= 11 is 0. The lowest BCUT2D eigenvalue weighted by Gasteiger charge is -2.37. The monoisotopic (exact) mass is 458 g/mol. The number of pyridine rings is 1. The minimum absolute atomic E-state index is 0.0694. The van der Waals surface area contributed by atoms with Gasteiger partial charge in [-0.05, 0) is 56.2 Å². The first kappa shape index (κ1) is 25.0. The van der Waals surface area contributed by atoms with Gasteiger partial charge in [0.2, 0.25) is 5.88 Å². The van der Waals surface area contributed by atoms with E-state index in [0.717, 1.165) is 31.2 Å². The molecular formula is C25H38N4O4. The first-order valence-electron chi connectivity index (χ1n) is 12.1. The zero-order valence-corrected chi connectivity index (χ0v) is 20.3. The van der Waals surface area contributed by atoms with Crippen LogP contribution in [0.15, 0.2) is 18.3 Å². The number of allylic oxidation sites excluding steroid dienone is 2. The SMILES string of the molecule is CCCNC(=O)N(C)C[C@H]1Oc2ncc(C3=CCCCC3)cc2C(=O)N([C@H](C)CO)C[C@H]1C. The van der Waals surface area contributed by atoms with Crippen molar-refractivity contribution in [1.82, 2.24) is 20.1 Å². The van der Waals surface area contributed by atoms with Crippen LogP contribution in [0.4, 0.5) is 4.79 Å². The van der Waals surface area contributed by atoms with Crippen LogP contribution in [0.2, 0.25) is 0 Å². The van der Waals surface area contributed by atoms with Gasteiger partial charge in [-0.25, -0.2) is 9.78 Å². The molecular weight excluding hydrogens is 420 g/mol. The van der Waals surface area contributed by atoms with Crippen molar-refractivity contribution in [3.05, 3.63) is 29.5 Å². The van der Waals surface area contributed by atoms with Gasteiger partial charge in [-0.1, -0.05) is 19.9 Å². The molecule has 0 unspecified atom stereocenters. The Hall–Kier alpha value is -2.61. The van der Waals surface area contributed by atoms with Crippen molar-refractivity contribution in [3.8, 4) is 5.88 Å². The molecule has 0 fully saturated rings. The molecule has 2 heterocycles. The van der Waals surface area contributed by atoms with Gasteiger partial charge in [0.1, 0.15) is 11.7 Å². The molecule has 1 aromatic heterocycles. The van der Waals surface area contributed by atoms with Crippen LogP contribution in [0.5, 0.6) is 5.88 Å². The summed E-state index contributed by atoms with van der Waals surface area (Å²) in [6.07, 6.45) is 8.85. The molecule has 3 amide bonds. The van der Waals surface area contributed by atoms with Crippen molar-refractivity contribution in [2.24, 2.45) is 5.92 Å². The highest BCUT2D eigenvalue weighted by atomic mass is 16.5. The Morgan fingerprint density at radius 2 is 2.21 bits per heavy atom. The maximum absolute atomic E-state index is 13.5. The van der Waals surface area contributed by atoms with Gasteiger partial charge in [-0.3, -0.25) is 4.79 Å². The molecule has 1 aliphatic heterocycles. The summed E-state index contributed by atoms with van der Waals surface area (Å²) in [6, 6.07) is 1.39. The molecule has 0 aromatic carbocycles. The topological polar surface area (TPSA) is 95.0 Å². The molecule has 0 saturated heterocycles. The van der Waals surface area contributed by atoms with Crippen LogP contribution in [0.1, 0.15) is 68.8 Å². The van der Waals surface area contributed by atoms with Crippen LogP contribution in [-0.4, -0.2) is 77.3 Å². The second-order valence-electron chi connectivity index (χ2n) is 9.29. The third-order valence-electron chi connectivity index (χ3n) is 6.51. The maximum atomic E-state index is 13.5. The highest BCUT2D eigenvalue weighted by molar-refractivity contribution is 5.97. The van der Waals surface area contributed by atoms with Gasteiger partial charge in [0.05, 0.1) is 19.2 Å². The number of rotatable bonds is 7. The minimum atomic E-state index is -0.352. The molecule has 2 N–H and O–H groups in total. The highest BCUT2D eigenvalue weighted by Crippen LogP contribution is 2.32. The summed E-state index contributed by atoms with van der Waals surface area (Å²) in [5, 5.41) is 12.7. The van der Waals surface area contributed by atoms with E-state index in [9.17, 15) is 14.7 Å². The Balaban J connectivity index is 1.93. The Morgan fingerprint density at radius 1 is 1.42 bits per heavy atom. The number of amides is 3. The molecule has 182 valence electrons. The van der Waals surface area contributed by atoms with E-state index in [4.69, 9.17) is 4.74 Å². The fraction of sp³-hybridized carbons (Fsp3) is 0.640. The third kappa shape index (κ3) is 6.05. The van der Waals surface area contributed by atoms with Gasteiger partial charge in [0, 0.05) is 32.3 Å². The highest BCUT2D eigenvalue weighted by Gasteiger charge is 2.34. The first-order chi connectivity index (χ1) is 15.8. The van der Waals surface area contributed by atoms with E-state index in [1.165, 1.54) is 12.0 Å². The molecule has 3 atom stereocenters. The lowest BCUT2D eigenvalue weighted by Crippen LogP contribution is -2.51. The van der Waals surface area contributed by atoms with Crippen LogP contribution >= 0.6 is 0 Å². The number of urea groups is 1. The Kier molecular flexibility index (Phi) is 8.72. The summed E-state index contributed by atoms with van der Waals surface area (Å²) < 4.78 is 6.29. The summed E-state index contributed by atoms with van der Waals surface area (Å²) in [5.74, 6) is 0.0333. The fourth-order valence-corrected chi connectivity index (χ4v) is 4.32. The van der Waals surface area contributed by atoms with E-state index >= 15 is 0 Å². The zero-order valence-electron chi connectivity index (χ0n) is 20.3. The number of fused-ring (bicyclic) bond motifs is 1. The Bertz CT molecular complexity index is 872. The second kappa shape index (κ2) is 11.5. The summed E-state index contributed by atoms with van der Waals surface area (Å²) in [5.41, 5.74) is 2.57. The van der Waals surface area contributed by atoms with Crippen LogP contribution in [0.25, 0.3) is 5.57 Å². The minimum Gasteiger partial charge on any atom is -0.472 e. The molecule has 1 aromatic rings. The number of carbonyl (C=O) groups is 2. The van der Waals surface area contributed by atoms with Crippen LogP contribution < -0.4 is 10.1 Å². The van der Waals surface area contributed by atoms with E-state index in [2.05, 4.69) is 16.4 Å². The number of hydrogen-bond donors (Lipinski definition) is 2. The number of aliphatic hydroxyl groups is 1. The normalized spacial score (nSPS) is 21.8. The summed E-state index contributed by atoms with van der Waals surface area (Å²) in [7, 11) is 1.74. The number of likely N-dealkylation sites (N-methyl/N-ethyl adjacent to an activating group) is 1. The molecule has 1 aliphatic carbocycles. The smallest absolute Gasteiger partial charge is 0.317 e.